The van der Waals surface area contributed by atoms with E-state index >= 15 is 0 Å². The van der Waals surface area contributed by atoms with E-state index in [9.17, 15) is 4.79 Å². The fourth-order valence-corrected chi connectivity index (χ4v) is 0.568. The first-order valence-corrected chi connectivity index (χ1v) is 3.90. The molecule has 1 aromatic rings. The van der Waals surface area contributed by atoms with Crippen molar-refractivity contribution in [2.24, 2.45) is 4.99 Å². The highest BCUT2D eigenvalue weighted by atomic mass is 16.5. The SMILES string of the molecule is COc1cccnc1.O=C=NCC(=O)O. The molecule has 1 N–H and O–H groups in total. The second-order valence-corrected chi connectivity index (χ2v) is 2.19. The third-order valence-electron chi connectivity index (χ3n) is 1.15. The molecule has 6 heteroatoms. The molecule has 1 heterocycles. The van der Waals surface area contributed by atoms with Gasteiger partial charge in [-0.15, -0.1) is 0 Å². The Kier molecular flexibility index (Phi) is 7.17. The summed E-state index contributed by atoms with van der Waals surface area (Å²) in [7, 11) is 1.62. The van der Waals surface area contributed by atoms with Crippen LogP contribution in [0.25, 0.3) is 0 Å². The van der Waals surface area contributed by atoms with Gasteiger partial charge in [-0.05, 0) is 12.1 Å². The van der Waals surface area contributed by atoms with Gasteiger partial charge in [0, 0.05) is 6.20 Å². The Morgan fingerprint density at radius 1 is 1.73 bits per heavy atom. The molecule has 0 saturated carbocycles. The molecule has 0 radical (unpaired) electrons. The lowest BCUT2D eigenvalue weighted by molar-refractivity contribution is -0.135. The van der Waals surface area contributed by atoms with Crippen molar-refractivity contribution in [1.82, 2.24) is 4.98 Å². The molecule has 0 aliphatic heterocycles. The summed E-state index contributed by atoms with van der Waals surface area (Å²) in [5.41, 5.74) is 0. The highest BCUT2D eigenvalue weighted by Crippen LogP contribution is 2.02. The van der Waals surface area contributed by atoms with E-state index in [1.807, 2.05) is 12.1 Å². The maximum absolute atomic E-state index is 9.49. The topological polar surface area (TPSA) is 88.9 Å². The number of hydrogen-bond acceptors (Lipinski definition) is 5. The monoisotopic (exact) mass is 210 g/mol. The number of nitrogens with zero attached hydrogens (tertiary/aromatic N) is 2. The summed E-state index contributed by atoms with van der Waals surface area (Å²) in [6.07, 6.45) is 4.47. The van der Waals surface area contributed by atoms with Crippen molar-refractivity contribution in [3.63, 3.8) is 0 Å². The first-order valence-electron chi connectivity index (χ1n) is 3.90. The second-order valence-electron chi connectivity index (χ2n) is 2.19. The van der Waals surface area contributed by atoms with Gasteiger partial charge in [-0.3, -0.25) is 9.78 Å². The summed E-state index contributed by atoms with van der Waals surface area (Å²) < 4.78 is 4.85. The molecule has 6 nitrogen and oxygen atoms in total. The first kappa shape index (κ1) is 12.8. The fourth-order valence-electron chi connectivity index (χ4n) is 0.568. The average Bonchev–Trinajstić information content (AvgIpc) is 2.28. The number of carbonyl (C=O) groups is 1. The molecule has 0 saturated heterocycles. The van der Waals surface area contributed by atoms with Crippen molar-refractivity contribution >= 4 is 12.0 Å². The van der Waals surface area contributed by atoms with E-state index in [-0.39, 0.29) is 0 Å². The van der Waals surface area contributed by atoms with Crippen LogP contribution in [0.4, 0.5) is 0 Å². The van der Waals surface area contributed by atoms with Crippen molar-refractivity contribution in [2.45, 2.75) is 0 Å². The van der Waals surface area contributed by atoms with Gasteiger partial charge < -0.3 is 9.84 Å². The van der Waals surface area contributed by atoms with Gasteiger partial charge in [-0.2, -0.15) is 4.99 Å². The maximum atomic E-state index is 9.49. The predicted octanol–water partition coefficient (Wildman–Crippen LogP) is 0.497. The molecule has 80 valence electrons. The van der Waals surface area contributed by atoms with Crippen molar-refractivity contribution in [1.29, 1.82) is 0 Å². The maximum Gasteiger partial charge on any atom is 0.326 e. The Bertz CT molecular complexity index is 333. The van der Waals surface area contributed by atoms with Crippen LogP contribution < -0.4 is 4.74 Å². The van der Waals surface area contributed by atoms with Crippen molar-refractivity contribution < 1.29 is 19.4 Å². The minimum atomic E-state index is -1.12. The van der Waals surface area contributed by atoms with Crippen molar-refractivity contribution in [2.75, 3.05) is 13.7 Å². The molecule has 0 bridgehead atoms. The van der Waals surface area contributed by atoms with Crippen LogP contribution in [0.15, 0.2) is 29.5 Å². The van der Waals surface area contributed by atoms with E-state index in [1.165, 1.54) is 0 Å². The van der Waals surface area contributed by atoms with E-state index in [1.54, 1.807) is 19.5 Å². The zero-order valence-corrected chi connectivity index (χ0v) is 8.08. The number of isocyanates is 1. The second kappa shape index (κ2) is 8.40. The Hall–Kier alpha value is -2.20. The van der Waals surface area contributed by atoms with Gasteiger partial charge in [-0.1, -0.05) is 0 Å². The van der Waals surface area contributed by atoms with E-state index < -0.39 is 12.5 Å². The number of aliphatic imine (C=N–C) groups is 1. The van der Waals surface area contributed by atoms with Crippen LogP contribution in [0.5, 0.6) is 5.75 Å². The lowest BCUT2D eigenvalue weighted by Gasteiger charge is -1.93. The molecule has 0 spiro atoms. The molecule has 1 rings (SSSR count). The smallest absolute Gasteiger partial charge is 0.326 e. The lowest BCUT2D eigenvalue weighted by Crippen LogP contribution is -1.97. The highest BCUT2D eigenvalue weighted by Gasteiger charge is 1.87. The number of aromatic nitrogens is 1. The number of aliphatic carboxylic acids is 1. The van der Waals surface area contributed by atoms with Crippen LogP contribution in [0.2, 0.25) is 0 Å². The summed E-state index contributed by atoms with van der Waals surface area (Å²) in [5, 5.41) is 7.77. The molecule has 0 aliphatic carbocycles. The standard InChI is InChI=1S/C6H7NO.C3H3NO3/c1-8-6-3-2-4-7-5-6;5-2-4-1-3(6)7/h2-5H,1H3;1H2,(H,6,7). The van der Waals surface area contributed by atoms with Crippen molar-refractivity contribution in [3.05, 3.63) is 24.5 Å². The normalized spacial score (nSPS) is 7.80. The van der Waals surface area contributed by atoms with Gasteiger partial charge >= 0.3 is 5.97 Å². The summed E-state index contributed by atoms with van der Waals surface area (Å²) in [6.45, 7) is -0.483. The molecule has 15 heavy (non-hydrogen) atoms. The number of rotatable bonds is 3. The van der Waals surface area contributed by atoms with Crippen LogP contribution in [-0.4, -0.2) is 35.8 Å². The van der Waals surface area contributed by atoms with E-state index in [4.69, 9.17) is 14.6 Å². The van der Waals surface area contributed by atoms with Gasteiger partial charge in [0.05, 0.1) is 13.3 Å². The minimum Gasteiger partial charge on any atom is -0.495 e. The molecule has 0 amide bonds. The molecule has 0 unspecified atom stereocenters. The quantitative estimate of drug-likeness (QED) is 0.579. The zero-order valence-electron chi connectivity index (χ0n) is 8.08. The van der Waals surface area contributed by atoms with Gasteiger partial charge in [0.1, 0.15) is 12.3 Å². The number of ether oxygens (including phenoxy) is 1. The fraction of sp³-hybridized carbons (Fsp3) is 0.222. The Morgan fingerprint density at radius 3 is 2.73 bits per heavy atom. The summed E-state index contributed by atoms with van der Waals surface area (Å²) in [4.78, 5) is 25.2. The molecule has 0 fully saturated rings. The highest BCUT2D eigenvalue weighted by molar-refractivity contribution is 5.70. The predicted molar refractivity (Wildman–Crippen MR) is 51.4 cm³/mol. The molecular formula is C9H10N2O4. The summed E-state index contributed by atoms with van der Waals surface area (Å²) in [6, 6.07) is 3.69. The van der Waals surface area contributed by atoms with Crippen LogP contribution in [-0.2, 0) is 9.59 Å². The van der Waals surface area contributed by atoms with Gasteiger partial charge in [0.15, 0.2) is 0 Å². The molecule has 0 atom stereocenters. The Balaban J connectivity index is 0.000000265. The number of hydrogen-bond donors (Lipinski definition) is 1. The largest absolute Gasteiger partial charge is 0.495 e. The summed E-state index contributed by atoms with van der Waals surface area (Å²) in [5.74, 6) is -0.323. The Morgan fingerprint density at radius 2 is 2.47 bits per heavy atom. The average molecular weight is 210 g/mol. The number of pyridine rings is 1. The third-order valence-corrected chi connectivity index (χ3v) is 1.15. The Labute approximate surface area is 86.2 Å². The molecular weight excluding hydrogens is 200 g/mol. The van der Waals surface area contributed by atoms with E-state index in [2.05, 4.69) is 9.98 Å². The van der Waals surface area contributed by atoms with Gasteiger partial charge in [-0.25, -0.2) is 4.79 Å². The zero-order chi connectivity index (χ0) is 11.5. The molecule has 0 aromatic carbocycles. The summed E-state index contributed by atoms with van der Waals surface area (Å²) >= 11 is 0. The first-order chi connectivity index (χ1) is 7.20. The van der Waals surface area contributed by atoms with E-state index in [0.717, 1.165) is 11.8 Å². The van der Waals surface area contributed by atoms with Gasteiger partial charge in [0.25, 0.3) is 0 Å². The lowest BCUT2D eigenvalue weighted by atomic mass is 10.5. The van der Waals surface area contributed by atoms with Crippen LogP contribution in [0.1, 0.15) is 0 Å². The van der Waals surface area contributed by atoms with E-state index in [0.29, 0.717) is 0 Å². The van der Waals surface area contributed by atoms with Crippen molar-refractivity contribution in [3.8, 4) is 5.75 Å². The molecule has 0 aliphatic rings. The number of carbonyl (C=O) groups excluding carboxylic acids is 1. The van der Waals surface area contributed by atoms with Crippen LogP contribution >= 0.6 is 0 Å². The number of methoxy groups -OCH3 is 1. The third kappa shape index (κ3) is 8.14. The molecule has 1 aromatic heterocycles. The van der Waals surface area contributed by atoms with Crippen LogP contribution in [0.3, 0.4) is 0 Å². The minimum absolute atomic E-state index is 0.483. The van der Waals surface area contributed by atoms with Gasteiger partial charge in [0.2, 0.25) is 6.08 Å². The number of carboxylic acid groups (broad SMARTS) is 1. The van der Waals surface area contributed by atoms with Crippen LogP contribution in [0, 0.1) is 0 Å². The number of carboxylic acids is 1.